The van der Waals surface area contributed by atoms with Gasteiger partial charge < -0.3 is 5.32 Å². The van der Waals surface area contributed by atoms with Crippen molar-refractivity contribution in [3.63, 3.8) is 0 Å². The molecule has 0 aliphatic heterocycles. The molecule has 0 fully saturated rings. The van der Waals surface area contributed by atoms with Crippen LogP contribution in [0.2, 0.25) is 0 Å². The van der Waals surface area contributed by atoms with Gasteiger partial charge in [-0.1, -0.05) is 37.3 Å². The summed E-state index contributed by atoms with van der Waals surface area (Å²) in [4.78, 5) is 0. The van der Waals surface area contributed by atoms with E-state index in [0.29, 0.717) is 10.5 Å². The molecule has 0 heterocycles. The third-order valence-electron chi connectivity index (χ3n) is 3.11. The molecule has 3 heteroatoms. The minimum Gasteiger partial charge on any atom is -0.382 e. The number of hydrogen-bond donors (Lipinski definition) is 1. The number of anilines is 1. The van der Waals surface area contributed by atoms with Crippen LogP contribution in [0.1, 0.15) is 18.9 Å². The minimum atomic E-state index is -0.235. The van der Waals surface area contributed by atoms with Crippen LogP contribution < -0.4 is 5.32 Å². The Bertz CT molecular complexity index is 528. The molecule has 0 bridgehead atoms. The van der Waals surface area contributed by atoms with Crippen molar-refractivity contribution in [3.8, 4) is 0 Å². The number of benzene rings is 2. The van der Waals surface area contributed by atoms with Crippen molar-refractivity contribution in [1.82, 2.24) is 0 Å². The van der Waals surface area contributed by atoms with E-state index in [1.54, 1.807) is 12.1 Å². The molecule has 2 aromatic rings. The monoisotopic (exact) mass is 321 g/mol. The van der Waals surface area contributed by atoms with Gasteiger partial charge in [-0.15, -0.1) is 0 Å². The highest BCUT2D eigenvalue weighted by Gasteiger charge is 2.08. The Morgan fingerprint density at radius 1 is 1.16 bits per heavy atom. The second kappa shape index (κ2) is 6.71. The van der Waals surface area contributed by atoms with Gasteiger partial charge in [0.25, 0.3) is 0 Å². The molecular formula is C16H17BrFN. The van der Waals surface area contributed by atoms with Gasteiger partial charge >= 0.3 is 0 Å². The lowest BCUT2D eigenvalue weighted by molar-refractivity contribution is 0.620. The van der Waals surface area contributed by atoms with Gasteiger partial charge in [0, 0.05) is 11.7 Å². The molecule has 1 nitrogen and oxygen atoms in total. The van der Waals surface area contributed by atoms with Crippen molar-refractivity contribution >= 4 is 21.6 Å². The third kappa shape index (κ3) is 4.06. The molecule has 1 atom stereocenters. The van der Waals surface area contributed by atoms with Crippen LogP contribution in [0, 0.1) is 5.82 Å². The van der Waals surface area contributed by atoms with E-state index in [1.807, 2.05) is 6.07 Å². The summed E-state index contributed by atoms with van der Waals surface area (Å²) in [7, 11) is 0. The molecule has 2 aromatic carbocycles. The van der Waals surface area contributed by atoms with E-state index in [9.17, 15) is 4.39 Å². The molecule has 0 saturated carbocycles. The summed E-state index contributed by atoms with van der Waals surface area (Å²) in [5, 5.41) is 3.45. The fourth-order valence-corrected chi connectivity index (χ4v) is 2.40. The van der Waals surface area contributed by atoms with E-state index in [2.05, 4.69) is 52.4 Å². The fourth-order valence-electron chi connectivity index (χ4n) is 2.02. The summed E-state index contributed by atoms with van der Waals surface area (Å²) in [6.07, 6.45) is 1.98. The highest BCUT2D eigenvalue weighted by atomic mass is 79.9. The Morgan fingerprint density at radius 3 is 2.53 bits per heavy atom. The summed E-state index contributed by atoms with van der Waals surface area (Å²) in [6.45, 7) is 2.15. The van der Waals surface area contributed by atoms with Gasteiger partial charge in [0.2, 0.25) is 0 Å². The molecule has 0 saturated heterocycles. The highest BCUT2D eigenvalue weighted by Crippen LogP contribution is 2.21. The lowest BCUT2D eigenvalue weighted by atomic mass is 10.0. The van der Waals surface area contributed by atoms with Crippen LogP contribution >= 0.6 is 15.9 Å². The van der Waals surface area contributed by atoms with E-state index in [0.717, 1.165) is 18.5 Å². The molecule has 19 heavy (non-hydrogen) atoms. The third-order valence-corrected chi connectivity index (χ3v) is 3.72. The number of rotatable bonds is 5. The van der Waals surface area contributed by atoms with Gasteiger partial charge in [-0.25, -0.2) is 4.39 Å². The van der Waals surface area contributed by atoms with E-state index < -0.39 is 0 Å². The molecule has 1 N–H and O–H groups in total. The lowest BCUT2D eigenvalue weighted by Crippen LogP contribution is -2.21. The lowest BCUT2D eigenvalue weighted by Gasteiger charge is -2.18. The Kier molecular flexibility index (Phi) is 4.97. The van der Waals surface area contributed by atoms with Gasteiger partial charge in [0.1, 0.15) is 5.82 Å². The first-order valence-corrected chi connectivity index (χ1v) is 7.24. The number of halogens is 2. The summed E-state index contributed by atoms with van der Waals surface area (Å²) in [5.41, 5.74) is 2.25. The smallest absolute Gasteiger partial charge is 0.137 e. The summed E-state index contributed by atoms with van der Waals surface area (Å²) in [6, 6.07) is 15.8. The molecular weight excluding hydrogens is 305 g/mol. The molecule has 0 amide bonds. The molecule has 1 unspecified atom stereocenters. The van der Waals surface area contributed by atoms with Crippen LogP contribution in [-0.2, 0) is 6.42 Å². The first-order valence-electron chi connectivity index (χ1n) is 6.44. The van der Waals surface area contributed by atoms with Crippen LogP contribution in [0.3, 0.4) is 0 Å². The van der Waals surface area contributed by atoms with Crippen LogP contribution in [0.4, 0.5) is 10.1 Å². The number of hydrogen-bond acceptors (Lipinski definition) is 1. The molecule has 100 valence electrons. The fraction of sp³-hybridized carbons (Fsp3) is 0.250. The molecule has 0 aliphatic carbocycles. The van der Waals surface area contributed by atoms with Gasteiger partial charge in [-0.2, -0.15) is 0 Å². The van der Waals surface area contributed by atoms with E-state index in [1.165, 1.54) is 11.6 Å². The SMILES string of the molecule is CCC(Cc1ccccc1)Nc1ccc(F)c(Br)c1. The van der Waals surface area contributed by atoms with Gasteiger partial charge in [0.15, 0.2) is 0 Å². The summed E-state index contributed by atoms with van der Waals surface area (Å²) >= 11 is 3.21. The van der Waals surface area contributed by atoms with Crippen LogP contribution in [-0.4, -0.2) is 6.04 Å². The van der Waals surface area contributed by atoms with E-state index in [-0.39, 0.29) is 5.82 Å². The van der Waals surface area contributed by atoms with Crippen LogP contribution in [0.5, 0.6) is 0 Å². The molecule has 0 radical (unpaired) electrons. The van der Waals surface area contributed by atoms with Crippen molar-refractivity contribution in [1.29, 1.82) is 0 Å². The molecule has 0 aliphatic rings. The van der Waals surface area contributed by atoms with Crippen molar-refractivity contribution < 1.29 is 4.39 Å². The standard InChI is InChI=1S/C16H17BrFN/c1-2-13(10-12-6-4-3-5-7-12)19-14-8-9-16(18)15(17)11-14/h3-9,11,13,19H,2,10H2,1H3. The molecule has 0 aromatic heterocycles. The largest absolute Gasteiger partial charge is 0.382 e. The predicted molar refractivity (Wildman–Crippen MR) is 81.9 cm³/mol. The normalized spacial score (nSPS) is 12.2. The molecule has 2 rings (SSSR count). The first-order chi connectivity index (χ1) is 9.19. The minimum absolute atomic E-state index is 0.235. The predicted octanol–water partition coefficient (Wildman–Crippen LogP) is 5.02. The van der Waals surface area contributed by atoms with Crippen molar-refractivity contribution in [2.75, 3.05) is 5.32 Å². The van der Waals surface area contributed by atoms with Crippen LogP contribution in [0.25, 0.3) is 0 Å². The quantitative estimate of drug-likeness (QED) is 0.815. The maximum atomic E-state index is 13.2. The summed E-state index contributed by atoms with van der Waals surface area (Å²) in [5.74, 6) is -0.235. The van der Waals surface area contributed by atoms with Crippen molar-refractivity contribution in [2.24, 2.45) is 0 Å². The van der Waals surface area contributed by atoms with Gasteiger partial charge in [-0.05, 0) is 52.5 Å². The van der Waals surface area contributed by atoms with Gasteiger partial charge in [0.05, 0.1) is 4.47 Å². The Morgan fingerprint density at radius 2 is 1.89 bits per heavy atom. The van der Waals surface area contributed by atoms with Crippen molar-refractivity contribution in [2.45, 2.75) is 25.8 Å². The topological polar surface area (TPSA) is 12.0 Å². The summed E-state index contributed by atoms with van der Waals surface area (Å²) < 4.78 is 13.7. The van der Waals surface area contributed by atoms with Crippen molar-refractivity contribution in [3.05, 3.63) is 64.4 Å². The average molecular weight is 322 g/mol. The maximum Gasteiger partial charge on any atom is 0.137 e. The zero-order valence-electron chi connectivity index (χ0n) is 10.9. The number of nitrogens with one attached hydrogen (secondary N) is 1. The Hall–Kier alpha value is -1.35. The average Bonchev–Trinajstić information content (AvgIpc) is 2.43. The zero-order valence-corrected chi connectivity index (χ0v) is 12.5. The maximum absolute atomic E-state index is 13.2. The van der Waals surface area contributed by atoms with Crippen LogP contribution in [0.15, 0.2) is 53.0 Å². The highest BCUT2D eigenvalue weighted by molar-refractivity contribution is 9.10. The van der Waals surface area contributed by atoms with Gasteiger partial charge in [-0.3, -0.25) is 0 Å². The first kappa shape index (κ1) is 14.1. The van der Waals surface area contributed by atoms with E-state index >= 15 is 0 Å². The second-order valence-corrected chi connectivity index (χ2v) is 5.42. The van der Waals surface area contributed by atoms with E-state index in [4.69, 9.17) is 0 Å². The zero-order chi connectivity index (χ0) is 13.7. The molecule has 0 spiro atoms. The Balaban J connectivity index is 2.04. The Labute approximate surface area is 122 Å². The second-order valence-electron chi connectivity index (χ2n) is 4.57.